The summed E-state index contributed by atoms with van der Waals surface area (Å²) in [5.74, 6) is -0.465. The fraction of sp³-hybridized carbons (Fsp3) is 0.800. The Bertz CT molecular complexity index is 134. The lowest BCUT2D eigenvalue weighted by molar-refractivity contribution is -0.140. The number of ether oxygens (including phenoxy) is 1. The van der Waals surface area contributed by atoms with E-state index in [1.54, 1.807) is 6.92 Å². The molecule has 0 heterocycles. The fourth-order valence-electron chi connectivity index (χ4n) is 0.402. The molecule has 0 aliphatic heterocycles. The van der Waals surface area contributed by atoms with Crippen LogP contribution in [0.4, 0.5) is 0 Å². The highest BCUT2D eigenvalue weighted by Gasteiger charge is 2.05. The standard InChI is InChI=1S/C5H11O4P/c1-3-9-5(6)4-10(7)8-2/h10H,3-4H2,1-2H3. The summed E-state index contributed by atoms with van der Waals surface area (Å²) in [6, 6.07) is 0. The van der Waals surface area contributed by atoms with E-state index < -0.39 is 14.0 Å². The van der Waals surface area contributed by atoms with Gasteiger partial charge in [-0.25, -0.2) is 0 Å². The maximum absolute atomic E-state index is 10.6. The van der Waals surface area contributed by atoms with Gasteiger partial charge in [-0.3, -0.25) is 9.36 Å². The Labute approximate surface area is 60.4 Å². The molecule has 5 heteroatoms. The van der Waals surface area contributed by atoms with Gasteiger partial charge in [0, 0.05) is 7.11 Å². The van der Waals surface area contributed by atoms with E-state index in [0.29, 0.717) is 6.61 Å². The van der Waals surface area contributed by atoms with Gasteiger partial charge in [0.1, 0.15) is 6.16 Å². The second-order valence-corrected chi connectivity index (χ2v) is 3.06. The number of carbonyl (C=O) groups excluding carboxylic acids is 1. The summed E-state index contributed by atoms with van der Waals surface area (Å²) in [6.45, 7) is 2.01. The topological polar surface area (TPSA) is 52.6 Å². The number of hydrogen-bond donors (Lipinski definition) is 0. The van der Waals surface area contributed by atoms with Gasteiger partial charge in [-0.1, -0.05) is 0 Å². The van der Waals surface area contributed by atoms with Gasteiger partial charge in [0.2, 0.25) is 8.03 Å². The van der Waals surface area contributed by atoms with Crippen molar-refractivity contribution in [1.29, 1.82) is 0 Å². The highest BCUT2D eigenvalue weighted by molar-refractivity contribution is 7.40. The monoisotopic (exact) mass is 166 g/mol. The Kier molecular flexibility index (Phi) is 5.26. The van der Waals surface area contributed by atoms with Gasteiger partial charge < -0.3 is 9.26 Å². The molecule has 0 aliphatic carbocycles. The molecule has 60 valence electrons. The van der Waals surface area contributed by atoms with Gasteiger partial charge in [0.25, 0.3) is 0 Å². The van der Waals surface area contributed by atoms with Crippen molar-refractivity contribution in [2.75, 3.05) is 19.9 Å². The van der Waals surface area contributed by atoms with Crippen molar-refractivity contribution in [2.45, 2.75) is 6.92 Å². The SMILES string of the molecule is CCOC(=O)C[PH](=O)OC. The van der Waals surface area contributed by atoms with Crippen LogP contribution in [0.1, 0.15) is 6.92 Å². The van der Waals surface area contributed by atoms with Crippen molar-refractivity contribution in [3.8, 4) is 0 Å². The molecule has 10 heavy (non-hydrogen) atoms. The lowest BCUT2D eigenvalue weighted by Gasteiger charge is -1.99. The van der Waals surface area contributed by atoms with Crippen molar-refractivity contribution in [2.24, 2.45) is 0 Å². The number of carbonyl (C=O) groups is 1. The summed E-state index contributed by atoms with van der Waals surface area (Å²) in [7, 11) is -0.869. The third-order valence-electron chi connectivity index (χ3n) is 0.822. The van der Waals surface area contributed by atoms with Gasteiger partial charge >= 0.3 is 5.97 Å². The van der Waals surface area contributed by atoms with Gasteiger partial charge in [-0.2, -0.15) is 0 Å². The van der Waals surface area contributed by atoms with Crippen molar-refractivity contribution < 1.29 is 18.6 Å². The Hall–Kier alpha value is -0.340. The summed E-state index contributed by atoms with van der Waals surface area (Å²) < 4.78 is 19.5. The van der Waals surface area contributed by atoms with Crippen LogP contribution < -0.4 is 0 Å². The molecule has 0 amide bonds. The van der Waals surface area contributed by atoms with E-state index in [1.807, 2.05) is 0 Å². The Morgan fingerprint density at radius 2 is 2.20 bits per heavy atom. The summed E-state index contributed by atoms with van der Waals surface area (Å²) in [4.78, 5) is 10.5. The summed E-state index contributed by atoms with van der Waals surface area (Å²) in [5.41, 5.74) is 0. The molecule has 4 nitrogen and oxygen atoms in total. The molecule has 0 aliphatic rings. The molecule has 0 spiro atoms. The number of esters is 1. The van der Waals surface area contributed by atoms with Crippen LogP contribution in [0.2, 0.25) is 0 Å². The van der Waals surface area contributed by atoms with E-state index in [2.05, 4.69) is 9.26 Å². The van der Waals surface area contributed by atoms with Crippen LogP contribution in [0.15, 0.2) is 0 Å². The molecule has 0 fully saturated rings. The van der Waals surface area contributed by atoms with Gasteiger partial charge in [-0.05, 0) is 6.92 Å². The highest BCUT2D eigenvalue weighted by Crippen LogP contribution is 2.19. The van der Waals surface area contributed by atoms with E-state index >= 15 is 0 Å². The first-order valence-corrected chi connectivity index (χ1v) is 4.45. The predicted octanol–water partition coefficient (Wildman–Crippen LogP) is 0.671. The van der Waals surface area contributed by atoms with Crippen LogP contribution in [0.3, 0.4) is 0 Å². The predicted molar refractivity (Wildman–Crippen MR) is 37.5 cm³/mol. The molecule has 0 aromatic carbocycles. The minimum absolute atomic E-state index is 0.116. The largest absolute Gasteiger partial charge is 0.466 e. The minimum Gasteiger partial charge on any atom is -0.466 e. The zero-order valence-electron chi connectivity index (χ0n) is 6.05. The summed E-state index contributed by atoms with van der Waals surface area (Å²) in [6.07, 6.45) is -0.116. The molecule has 0 bridgehead atoms. The summed E-state index contributed by atoms with van der Waals surface area (Å²) >= 11 is 0. The van der Waals surface area contributed by atoms with Gasteiger partial charge in [-0.15, -0.1) is 0 Å². The zero-order chi connectivity index (χ0) is 7.98. The fourth-order valence-corrected chi connectivity index (χ4v) is 0.884. The van der Waals surface area contributed by atoms with Crippen LogP contribution in [-0.2, 0) is 18.6 Å². The average molecular weight is 166 g/mol. The van der Waals surface area contributed by atoms with Crippen LogP contribution in [0.5, 0.6) is 0 Å². The second-order valence-electron chi connectivity index (χ2n) is 1.56. The van der Waals surface area contributed by atoms with Crippen molar-refractivity contribution >= 4 is 14.0 Å². The molecule has 1 atom stereocenters. The molecule has 0 radical (unpaired) electrons. The van der Waals surface area contributed by atoms with Crippen molar-refractivity contribution in [1.82, 2.24) is 0 Å². The molecular weight excluding hydrogens is 155 g/mol. The van der Waals surface area contributed by atoms with Crippen LogP contribution >= 0.6 is 8.03 Å². The summed E-state index contributed by atoms with van der Waals surface area (Å²) in [5, 5.41) is 0. The molecule has 0 aromatic rings. The van der Waals surface area contributed by atoms with Crippen molar-refractivity contribution in [3.05, 3.63) is 0 Å². The molecule has 0 aromatic heterocycles. The third-order valence-corrected chi connectivity index (χ3v) is 1.85. The maximum atomic E-state index is 10.6. The Morgan fingerprint density at radius 1 is 1.60 bits per heavy atom. The Balaban J connectivity index is 3.47. The van der Waals surface area contributed by atoms with E-state index in [9.17, 15) is 9.36 Å². The van der Waals surface area contributed by atoms with Crippen molar-refractivity contribution in [3.63, 3.8) is 0 Å². The molecule has 0 N–H and O–H groups in total. The molecular formula is C5H11O4P. The van der Waals surface area contributed by atoms with Gasteiger partial charge in [0.15, 0.2) is 0 Å². The third kappa shape index (κ3) is 4.53. The van der Waals surface area contributed by atoms with E-state index in [0.717, 1.165) is 0 Å². The molecule has 0 saturated carbocycles. The van der Waals surface area contributed by atoms with E-state index in [4.69, 9.17) is 0 Å². The average Bonchev–Trinajstić information content (AvgIpc) is 1.88. The molecule has 0 rings (SSSR count). The number of hydrogen-bond acceptors (Lipinski definition) is 4. The first-order chi connectivity index (χ1) is 4.70. The normalized spacial score (nSPS) is 12.6. The lowest BCUT2D eigenvalue weighted by Crippen LogP contribution is -2.06. The second kappa shape index (κ2) is 5.45. The Morgan fingerprint density at radius 3 is 2.60 bits per heavy atom. The zero-order valence-corrected chi connectivity index (χ0v) is 7.05. The minimum atomic E-state index is -2.17. The molecule has 1 unspecified atom stereocenters. The first-order valence-electron chi connectivity index (χ1n) is 2.93. The smallest absolute Gasteiger partial charge is 0.315 e. The lowest BCUT2D eigenvalue weighted by atomic mass is 10.8. The van der Waals surface area contributed by atoms with Crippen LogP contribution in [-0.4, -0.2) is 25.8 Å². The van der Waals surface area contributed by atoms with Gasteiger partial charge in [0.05, 0.1) is 6.61 Å². The van der Waals surface area contributed by atoms with Crippen LogP contribution in [0.25, 0.3) is 0 Å². The van der Waals surface area contributed by atoms with E-state index in [-0.39, 0.29) is 6.16 Å². The first kappa shape index (κ1) is 9.66. The number of rotatable bonds is 4. The van der Waals surface area contributed by atoms with E-state index in [1.165, 1.54) is 7.11 Å². The molecule has 0 saturated heterocycles. The highest BCUT2D eigenvalue weighted by atomic mass is 31.1. The quantitative estimate of drug-likeness (QED) is 0.455. The van der Waals surface area contributed by atoms with Crippen LogP contribution in [0, 0.1) is 0 Å². The maximum Gasteiger partial charge on any atom is 0.315 e.